The van der Waals surface area contributed by atoms with Gasteiger partial charge in [-0.05, 0) is 59.6 Å². The van der Waals surface area contributed by atoms with E-state index in [2.05, 4.69) is 42.6 Å². The van der Waals surface area contributed by atoms with Gasteiger partial charge in [-0.15, -0.1) is 0 Å². The molecular weight excluding hydrogens is 316 g/mol. The lowest BCUT2D eigenvalue weighted by molar-refractivity contribution is 0.661. The third-order valence-corrected chi connectivity index (χ3v) is 3.75. The average Bonchev–Trinajstić information content (AvgIpc) is 2.47. The molecule has 2 rings (SSSR count). The summed E-state index contributed by atoms with van der Waals surface area (Å²) in [5.41, 5.74) is 2.22. The second-order valence-electron chi connectivity index (χ2n) is 4.58. The van der Waals surface area contributed by atoms with E-state index in [0.29, 0.717) is 0 Å². The Morgan fingerprint density at radius 3 is 2.85 bits per heavy atom. The molecule has 5 heteroatoms. The largest absolute Gasteiger partial charge is 0.370 e. The molecule has 0 aromatic carbocycles. The van der Waals surface area contributed by atoms with E-state index in [1.54, 1.807) is 6.20 Å². The van der Waals surface area contributed by atoms with Gasteiger partial charge in [0.2, 0.25) is 0 Å². The fraction of sp³-hybridized carbons (Fsp3) is 0.333. The number of hydrogen-bond acceptors (Lipinski definition) is 4. The summed E-state index contributed by atoms with van der Waals surface area (Å²) in [5, 5.41) is 6.73. The number of pyridine rings is 2. The van der Waals surface area contributed by atoms with Crippen molar-refractivity contribution in [1.29, 1.82) is 0 Å². The van der Waals surface area contributed by atoms with Crippen LogP contribution >= 0.6 is 15.9 Å². The standard InChI is InChI=1S/C15H19BrN4/c1-12-14(16)5-6-15(20-12)19-9-3-8-18-11-13-4-2-7-17-10-13/h2,4-7,10,18H,3,8-9,11H2,1H3,(H,19,20). The molecule has 4 nitrogen and oxygen atoms in total. The molecule has 0 unspecified atom stereocenters. The highest BCUT2D eigenvalue weighted by Crippen LogP contribution is 2.15. The molecule has 0 bridgehead atoms. The van der Waals surface area contributed by atoms with Crippen LogP contribution in [-0.4, -0.2) is 23.1 Å². The Bertz CT molecular complexity index is 531. The highest BCUT2D eigenvalue weighted by Gasteiger charge is 1.98. The van der Waals surface area contributed by atoms with Crippen molar-refractivity contribution in [2.24, 2.45) is 0 Å². The molecule has 0 aliphatic heterocycles. The molecule has 0 spiro atoms. The number of nitrogens with zero attached hydrogens (tertiary/aromatic N) is 2. The summed E-state index contributed by atoms with van der Waals surface area (Å²) < 4.78 is 1.04. The first-order valence-corrected chi connectivity index (χ1v) is 7.51. The van der Waals surface area contributed by atoms with Gasteiger partial charge in [-0.25, -0.2) is 4.98 Å². The van der Waals surface area contributed by atoms with Crippen molar-refractivity contribution >= 4 is 21.7 Å². The summed E-state index contributed by atoms with van der Waals surface area (Å²) in [6.07, 6.45) is 4.73. The lowest BCUT2D eigenvalue weighted by atomic mass is 10.3. The number of aromatic nitrogens is 2. The maximum absolute atomic E-state index is 4.45. The van der Waals surface area contributed by atoms with Crippen molar-refractivity contribution in [2.45, 2.75) is 19.9 Å². The van der Waals surface area contributed by atoms with E-state index in [-0.39, 0.29) is 0 Å². The van der Waals surface area contributed by atoms with E-state index in [0.717, 1.165) is 42.0 Å². The Hall–Kier alpha value is -1.46. The van der Waals surface area contributed by atoms with Gasteiger partial charge in [0.25, 0.3) is 0 Å². The normalized spacial score (nSPS) is 10.5. The molecule has 2 aromatic heterocycles. The molecule has 0 radical (unpaired) electrons. The van der Waals surface area contributed by atoms with E-state index in [1.165, 1.54) is 5.56 Å². The second kappa shape index (κ2) is 7.97. The van der Waals surface area contributed by atoms with Crippen LogP contribution in [0.3, 0.4) is 0 Å². The summed E-state index contributed by atoms with van der Waals surface area (Å²) >= 11 is 3.45. The van der Waals surface area contributed by atoms with Crippen molar-refractivity contribution in [3.63, 3.8) is 0 Å². The number of nitrogens with one attached hydrogen (secondary N) is 2. The minimum absolute atomic E-state index is 0.865. The quantitative estimate of drug-likeness (QED) is 0.764. The average molecular weight is 335 g/mol. The van der Waals surface area contributed by atoms with Crippen molar-refractivity contribution in [3.8, 4) is 0 Å². The first-order valence-electron chi connectivity index (χ1n) is 6.72. The van der Waals surface area contributed by atoms with Crippen LogP contribution in [-0.2, 0) is 6.54 Å². The zero-order valence-electron chi connectivity index (χ0n) is 11.6. The summed E-state index contributed by atoms with van der Waals surface area (Å²) in [5.74, 6) is 0.929. The van der Waals surface area contributed by atoms with Crippen LogP contribution < -0.4 is 10.6 Å². The third kappa shape index (κ3) is 4.90. The van der Waals surface area contributed by atoms with E-state index in [4.69, 9.17) is 0 Å². The number of rotatable bonds is 7. The topological polar surface area (TPSA) is 49.8 Å². The SMILES string of the molecule is Cc1nc(NCCCNCc2cccnc2)ccc1Br. The molecule has 2 N–H and O–H groups in total. The van der Waals surface area contributed by atoms with Crippen LogP contribution in [0.5, 0.6) is 0 Å². The molecule has 0 aliphatic rings. The van der Waals surface area contributed by atoms with Crippen LogP contribution in [0.2, 0.25) is 0 Å². The zero-order valence-corrected chi connectivity index (χ0v) is 13.2. The van der Waals surface area contributed by atoms with Crippen molar-refractivity contribution in [1.82, 2.24) is 15.3 Å². The zero-order chi connectivity index (χ0) is 14.2. The highest BCUT2D eigenvalue weighted by molar-refractivity contribution is 9.10. The number of aryl methyl sites for hydroxylation is 1. The van der Waals surface area contributed by atoms with E-state index >= 15 is 0 Å². The Morgan fingerprint density at radius 2 is 2.10 bits per heavy atom. The van der Waals surface area contributed by atoms with E-state index < -0.39 is 0 Å². The van der Waals surface area contributed by atoms with Gasteiger partial charge in [0.1, 0.15) is 5.82 Å². The Balaban J connectivity index is 1.61. The van der Waals surface area contributed by atoms with Gasteiger partial charge in [0, 0.05) is 30.0 Å². The first-order chi connectivity index (χ1) is 9.75. The monoisotopic (exact) mass is 334 g/mol. The first kappa shape index (κ1) is 14.9. The molecule has 2 aromatic rings. The molecule has 0 fully saturated rings. The molecule has 2 heterocycles. The summed E-state index contributed by atoms with van der Waals surface area (Å²) in [6, 6.07) is 8.04. The van der Waals surface area contributed by atoms with Crippen LogP contribution in [0.4, 0.5) is 5.82 Å². The highest BCUT2D eigenvalue weighted by atomic mass is 79.9. The van der Waals surface area contributed by atoms with E-state index in [1.807, 2.05) is 31.3 Å². The van der Waals surface area contributed by atoms with Gasteiger partial charge in [-0.3, -0.25) is 4.98 Å². The molecule has 0 aliphatic carbocycles. The Kier molecular flexibility index (Phi) is 5.95. The minimum atomic E-state index is 0.865. The van der Waals surface area contributed by atoms with Crippen molar-refractivity contribution in [2.75, 3.05) is 18.4 Å². The molecule has 0 saturated carbocycles. The van der Waals surface area contributed by atoms with Crippen molar-refractivity contribution in [3.05, 3.63) is 52.4 Å². The third-order valence-electron chi connectivity index (χ3n) is 2.91. The predicted octanol–water partition coefficient (Wildman–Crippen LogP) is 3.14. The summed E-state index contributed by atoms with van der Waals surface area (Å²) in [4.78, 5) is 8.54. The molecule has 0 saturated heterocycles. The number of halogens is 1. The van der Waals surface area contributed by atoms with E-state index in [9.17, 15) is 0 Å². The summed E-state index contributed by atoms with van der Waals surface area (Å²) in [7, 11) is 0. The van der Waals surface area contributed by atoms with Gasteiger partial charge in [0.05, 0.1) is 5.69 Å². The van der Waals surface area contributed by atoms with Gasteiger partial charge in [-0.2, -0.15) is 0 Å². The molecule has 20 heavy (non-hydrogen) atoms. The molecule has 0 amide bonds. The number of anilines is 1. The second-order valence-corrected chi connectivity index (χ2v) is 5.44. The van der Waals surface area contributed by atoms with Crippen LogP contribution in [0.15, 0.2) is 41.1 Å². The molecule has 0 atom stereocenters. The van der Waals surface area contributed by atoms with Gasteiger partial charge in [-0.1, -0.05) is 6.07 Å². The minimum Gasteiger partial charge on any atom is -0.370 e. The van der Waals surface area contributed by atoms with Crippen LogP contribution in [0.1, 0.15) is 17.7 Å². The lowest BCUT2D eigenvalue weighted by Gasteiger charge is -2.08. The van der Waals surface area contributed by atoms with Gasteiger partial charge >= 0.3 is 0 Å². The Labute approximate surface area is 128 Å². The molecular formula is C15H19BrN4. The van der Waals surface area contributed by atoms with Crippen molar-refractivity contribution < 1.29 is 0 Å². The predicted molar refractivity (Wildman–Crippen MR) is 85.7 cm³/mol. The smallest absolute Gasteiger partial charge is 0.126 e. The lowest BCUT2D eigenvalue weighted by Crippen LogP contribution is -2.18. The number of hydrogen-bond donors (Lipinski definition) is 2. The fourth-order valence-electron chi connectivity index (χ4n) is 1.81. The molecule has 106 valence electrons. The maximum atomic E-state index is 4.45. The van der Waals surface area contributed by atoms with Gasteiger partial charge < -0.3 is 10.6 Å². The summed E-state index contributed by atoms with van der Waals surface area (Å²) in [6.45, 7) is 4.74. The fourth-order valence-corrected chi connectivity index (χ4v) is 2.03. The van der Waals surface area contributed by atoms with Crippen LogP contribution in [0, 0.1) is 6.92 Å². The van der Waals surface area contributed by atoms with Gasteiger partial charge in [0.15, 0.2) is 0 Å². The van der Waals surface area contributed by atoms with Crippen LogP contribution in [0.25, 0.3) is 0 Å². The maximum Gasteiger partial charge on any atom is 0.126 e. The Morgan fingerprint density at radius 1 is 1.20 bits per heavy atom.